The van der Waals surface area contributed by atoms with Crippen molar-refractivity contribution in [2.24, 2.45) is 0 Å². The summed E-state index contributed by atoms with van der Waals surface area (Å²) in [5.74, 6) is -0.642. The Hall–Kier alpha value is -4.18. The summed E-state index contributed by atoms with van der Waals surface area (Å²) >= 11 is 0. The largest absolute Gasteiger partial charge is 0.457 e. The number of imide groups is 1. The maximum absolute atomic E-state index is 12.8. The van der Waals surface area contributed by atoms with E-state index in [1.165, 1.54) is 12.2 Å². The zero-order valence-corrected chi connectivity index (χ0v) is 16.1. The van der Waals surface area contributed by atoms with Gasteiger partial charge in [-0.15, -0.1) is 6.58 Å². The minimum atomic E-state index is -0.637. The van der Waals surface area contributed by atoms with Gasteiger partial charge in [0.25, 0.3) is 11.8 Å². The Kier molecular flexibility index (Phi) is 4.68. The molecule has 0 unspecified atom stereocenters. The van der Waals surface area contributed by atoms with Crippen LogP contribution >= 0.6 is 0 Å². The lowest BCUT2D eigenvalue weighted by molar-refractivity contribution is -0.139. The number of ether oxygens (including phenoxy) is 1. The van der Waals surface area contributed by atoms with E-state index in [0.29, 0.717) is 28.2 Å². The van der Waals surface area contributed by atoms with Gasteiger partial charge in [0.2, 0.25) is 0 Å². The normalized spacial score (nSPS) is 17.3. The van der Waals surface area contributed by atoms with Crippen LogP contribution in [0.3, 0.4) is 0 Å². The summed E-state index contributed by atoms with van der Waals surface area (Å²) in [6.07, 6.45) is 2.93. The van der Waals surface area contributed by atoms with E-state index in [-0.39, 0.29) is 30.3 Å². The standard InChI is InChI=1S/C23H16N2O5/c1-3-8-25-21(26)17(13(2)19(11-24)22(25)27)10-16-6-7-20(30-16)14-4-5-15-12-29-23(28)18(15)9-14/h3-7,9-10H,1,8,12H2,2H3/b17-10-. The number of hydrogen-bond donors (Lipinski definition) is 0. The van der Waals surface area contributed by atoms with Crippen LogP contribution in [0.25, 0.3) is 17.4 Å². The molecule has 2 amide bonds. The lowest BCUT2D eigenvalue weighted by Crippen LogP contribution is -2.42. The van der Waals surface area contributed by atoms with Crippen LogP contribution in [0.4, 0.5) is 0 Å². The highest BCUT2D eigenvalue weighted by Gasteiger charge is 2.34. The molecule has 148 valence electrons. The number of amides is 2. The number of rotatable bonds is 4. The van der Waals surface area contributed by atoms with Crippen molar-refractivity contribution in [2.45, 2.75) is 13.5 Å². The van der Waals surface area contributed by atoms with Gasteiger partial charge in [-0.1, -0.05) is 18.2 Å². The molecule has 2 aliphatic heterocycles. The van der Waals surface area contributed by atoms with Gasteiger partial charge in [0, 0.05) is 23.2 Å². The fraction of sp³-hybridized carbons (Fsp3) is 0.130. The van der Waals surface area contributed by atoms with Gasteiger partial charge >= 0.3 is 5.97 Å². The highest BCUT2D eigenvalue weighted by molar-refractivity contribution is 6.19. The van der Waals surface area contributed by atoms with Crippen LogP contribution < -0.4 is 0 Å². The van der Waals surface area contributed by atoms with Crippen molar-refractivity contribution in [3.63, 3.8) is 0 Å². The number of carbonyl (C=O) groups excluding carboxylic acids is 3. The molecule has 0 atom stereocenters. The van der Waals surface area contributed by atoms with Crippen LogP contribution in [-0.4, -0.2) is 29.2 Å². The molecule has 30 heavy (non-hydrogen) atoms. The molecular weight excluding hydrogens is 384 g/mol. The van der Waals surface area contributed by atoms with Crippen LogP contribution in [0.5, 0.6) is 0 Å². The summed E-state index contributed by atoms with van der Waals surface area (Å²) in [7, 11) is 0. The molecular formula is C23H16N2O5. The first kappa shape index (κ1) is 19.2. The van der Waals surface area contributed by atoms with Crippen LogP contribution in [0.1, 0.15) is 28.6 Å². The topological polar surface area (TPSA) is 101 Å². The van der Waals surface area contributed by atoms with E-state index in [1.54, 1.807) is 25.1 Å². The number of esters is 1. The number of fused-ring (bicyclic) bond motifs is 1. The predicted octanol–water partition coefficient (Wildman–Crippen LogP) is 3.40. The number of carbonyl (C=O) groups is 3. The molecule has 2 aliphatic rings. The van der Waals surface area contributed by atoms with Gasteiger partial charge in [-0.3, -0.25) is 14.5 Å². The van der Waals surface area contributed by atoms with E-state index < -0.39 is 11.8 Å². The molecule has 0 bridgehead atoms. The van der Waals surface area contributed by atoms with E-state index in [2.05, 4.69) is 6.58 Å². The molecule has 0 fully saturated rings. The molecule has 3 heterocycles. The minimum absolute atomic E-state index is 0.00208. The van der Waals surface area contributed by atoms with Crippen molar-refractivity contribution in [1.82, 2.24) is 4.90 Å². The van der Waals surface area contributed by atoms with E-state index in [9.17, 15) is 19.6 Å². The zero-order valence-electron chi connectivity index (χ0n) is 16.1. The fourth-order valence-corrected chi connectivity index (χ4v) is 3.42. The maximum Gasteiger partial charge on any atom is 0.338 e. The Bertz CT molecular complexity index is 1220. The number of nitriles is 1. The molecule has 0 spiro atoms. The van der Waals surface area contributed by atoms with Crippen molar-refractivity contribution in [3.05, 3.63) is 76.6 Å². The molecule has 0 saturated heterocycles. The number of benzene rings is 1. The summed E-state index contributed by atoms with van der Waals surface area (Å²) in [6.45, 7) is 5.38. The van der Waals surface area contributed by atoms with E-state index in [4.69, 9.17) is 9.15 Å². The Morgan fingerprint density at radius 3 is 2.73 bits per heavy atom. The average Bonchev–Trinajstić information content (AvgIpc) is 3.36. The van der Waals surface area contributed by atoms with E-state index >= 15 is 0 Å². The number of hydrogen-bond acceptors (Lipinski definition) is 6. The van der Waals surface area contributed by atoms with E-state index in [1.807, 2.05) is 18.2 Å². The molecule has 7 heteroatoms. The highest BCUT2D eigenvalue weighted by Crippen LogP contribution is 2.31. The second-order valence-electron chi connectivity index (χ2n) is 6.83. The summed E-state index contributed by atoms with van der Waals surface area (Å²) in [5, 5.41) is 9.36. The van der Waals surface area contributed by atoms with Gasteiger partial charge in [0.15, 0.2) is 0 Å². The number of furan rings is 1. The van der Waals surface area contributed by atoms with Crippen molar-refractivity contribution < 1.29 is 23.5 Å². The quantitative estimate of drug-likeness (QED) is 0.337. The minimum Gasteiger partial charge on any atom is -0.457 e. The summed E-state index contributed by atoms with van der Waals surface area (Å²) in [6, 6.07) is 10.6. The first-order valence-corrected chi connectivity index (χ1v) is 9.15. The number of cyclic esters (lactones) is 1. The average molecular weight is 400 g/mol. The van der Waals surface area contributed by atoms with Crippen LogP contribution in [-0.2, 0) is 20.9 Å². The molecule has 7 nitrogen and oxygen atoms in total. The van der Waals surface area contributed by atoms with Gasteiger partial charge in [-0.25, -0.2) is 4.79 Å². The molecule has 4 rings (SSSR count). The first-order chi connectivity index (χ1) is 14.4. The van der Waals surface area contributed by atoms with Gasteiger partial charge in [0.1, 0.15) is 29.8 Å². The van der Waals surface area contributed by atoms with Crippen LogP contribution in [0.15, 0.2) is 64.1 Å². The van der Waals surface area contributed by atoms with Crippen molar-refractivity contribution in [1.29, 1.82) is 5.26 Å². The SMILES string of the molecule is C=CCN1C(=O)C(C#N)=C(C)/C(=C/c2ccc(-c3ccc4c(c3)C(=O)OC4)o2)C1=O. The molecule has 2 aromatic rings. The lowest BCUT2D eigenvalue weighted by Gasteiger charge is -2.26. The predicted molar refractivity (Wildman–Crippen MR) is 106 cm³/mol. The van der Waals surface area contributed by atoms with Gasteiger partial charge in [-0.2, -0.15) is 5.26 Å². The highest BCUT2D eigenvalue weighted by atomic mass is 16.5. The Morgan fingerprint density at radius 1 is 1.20 bits per heavy atom. The van der Waals surface area contributed by atoms with Gasteiger partial charge in [-0.05, 0) is 36.8 Å². The molecule has 1 aromatic heterocycles. The van der Waals surface area contributed by atoms with Gasteiger partial charge < -0.3 is 9.15 Å². The fourth-order valence-electron chi connectivity index (χ4n) is 3.42. The third-order valence-electron chi connectivity index (χ3n) is 5.02. The maximum atomic E-state index is 12.8. The first-order valence-electron chi connectivity index (χ1n) is 9.15. The monoisotopic (exact) mass is 400 g/mol. The Balaban J connectivity index is 1.72. The molecule has 0 aliphatic carbocycles. The Morgan fingerprint density at radius 2 is 2.00 bits per heavy atom. The molecule has 1 aromatic carbocycles. The molecule has 0 saturated carbocycles. The second kappa shape index (κ2) is 7.33. The lowest BCUT2D eigenvalue weighted by atomic mass is 9.94. The third kappa shape index (κ3) is 3.05. The van der Waals surface area contributed by atoms with Crippen LogP contribution in [0.2, 0.25) is 0 Å². The molecule has 0 N–H and O–H groups in total. The van der Waals surface area contributed by atoms with Crippen molar-refractivity contribution in [3.8, 4) is 17.4 Å². The summed E-state index contributed by atoms with van der Waals surface area (Å²) in [5.41, 5.74) is 2.43. The van der Waals surface area contributed by atoms with E-state index in [0.717, 1.165) is 10.5 Å². The second-order valence-corrected chi connectivity index (χ2v) is 6.83. The van der Waals surface area contributed by atoms with Crippen LogP contribution in [0, 0.1) is 11.3 Å². The smallest absolute Gasteiger partial charge is 0.338 e. The Labute approximate surface area is 172 Å². The molecule has 0 radical (unpaired) electrons. The number of nitrogens with zero attached hydrogens (tertiary/aromatic N) is 2. The summed E-state index contributed by atoms with van der Waals surface area (Å²) < 4.78 is 10.9. The van der Waals surface area contributed by atoms with Crippen molar-refractivity contribution >= 4 is 23.9 Å². The van der Waals surface area contributed by atoms with Gasteiger partial charge in [0.05, 0.1) is 5.56 Å². The third-order valence-corrected chi connectivity index (χ3v) is 5.02. The zero-order chi connectivity index (χ0) is 21.4. The summed E-state index contributed by atoms with van der Waals surface area (Å²) in [4.78, 5) is 37.9. The van der Waals surface area contributed by atoms with Crippen molar-refractivity contribution in [2.75, 3.05) is 6.54 Å².